The molecule has 6 aliphatic rings. The number of ether oxygens (including phenoxy) is 9. The maximum Gasteiger partial charge on any atom is 0.412 e. The second-order valence-electron chi connectivity index (χ2n) is 36.9. The van der Waals surface area contributed by atoms with Gasteiger partial charge in [0, 0.05) is 217 Å². The SMILES string of the molecule is CC(C)C(Cl)OC(=O)N1CCc2c([nH]c3ccc(Cl)cc23)C1c1ccc(OCCCCl)cc1.CCOC(=O)N1CCc2c([nH]c3ccc(Cl)cc23)C1c1ccc(OCCCN(C)CCOC)cc1.CCOC(=O)N1CCc2c([nH]c3ccc(Cl)cc23)C1c1ccc(OCCCN2CCN(C)CC2)cc1.CCOC(=O)N1CCc2c([nH]c3ccc(Cl)cc23)C1c1ccc(OCCCN2CCN(CCO)CC2)cc1. The molecule has 0 radical (unpaired) electrons. The van der Waals surface area contributed by atoms with Gasteiger partial charge in [0.2, 0.25) is 0 Å². The number of carbonyl (C=O) groups excluding carboxylic acids is 4. The van der Waals surface area contributed by atoms with Crippen LogP contribution < -0.4 is 18.9 Å². The number of β-amino-alcohol motifs (C(OH)–C–C–N with tert-alkyl or cyclic N) is 1. The van der Waals surface area contributed by atoms with Crippen LogP contribution in [0.25, 0.3) is 43.6 Å². The van der Waals surface area contributed by atoms with Crippen LogP contribution in [0.4, 0.5) is 19.2 Å². The average molecular weight is 2060 g/mol. The van der Waals surface area contributed by atoms with Gasteiger partial charge in [-0.1, -0.05) is 120 Å². The van der Waals surface area contributed by atoms with Crippen LogP contribution in [0.3, 0.4) is 0 Å². The molecule has 142 heavy (non-hydrogen) atoms. The van der Waals surface area contributed by atoms with Gasteiger partial charge in [0.1, 0.15) is 47.2 Å². The third-order valence-corrected chi connectivity index (χ3v) is 28.8. The summed E-state index contributed by atoms with van der Waals surface area (Å²) in [6.07, 6.45) is 5.25. The van der Waals surface area contributed by atoms with Crippen molar-refractivity contribution in [2.75, 3.05) is 198 Å². The second kappa shape index (κ2) is 51.4. The molecule has 0 spiro atoms. The Morgan fingerprint density at radius 2 is 0.690 bits per heavy atom. The minimum absolute atomic E-state index is 0.00838. The average Bonchev–Trinajstić information content (AvgIpc) is 1.62. The Bertz CT molecular complexity index is 6130. The van der Waals surface area contributed by atoms with Gasteiger partial charge in [0.05, 0.1) is 59.5 Å². The predicted octanol–water partition coefficient (Wildman–Crippen LogP) is 21.7. The Kier molecular flexibility index (Phi) is 38.4. The number of aliphatic hydroxyl groups is 1. The summed E-state index contributed by atoms with van der Waals surface area (Å²) < 4.78 is 50.7. The summed E-state index contributed by atoms with van der Waals surface area (Å²) in [5.74, 6) is 3.81. The highest BCUT2D eigenvalue weighted by atomic mass is 35.5. The first-order valence-electron chi connectivity index (χ1n) is 49.7. The number of piperazine rings is 2. The third kappa shape index (κ3) is 26.7. The molecule has 27 nitrogen and oxygen atoms in total. The van der Waals surface area contributed by atoms with Crippen molar-refractivity contribution in [3.63, 3.8) is 0 Å². The van der Waals surface area contributed by atoms with E-state index >= 15 is 0 Å². The number of hydrogen-bond donors (Lipinski definition) is 5. The van der Waals surface area contributed by atoms with Crippen LogP contribution >= 0.6 is 69.6 Å². The molecule has 5 unspecified atom stereocenters. The molecule has 12 aromatic rings. The summed E-state index contributed by atoms with van der Waals surface area (Å²) in [7, 11) is 5.98. The molecule has 4 aromatic heterocycles. The van der Waals surface area contributed by atoms with Gasteiger partial charge in [-0.25, -0.2) is 19.2 Å². The number of aromatic amines is 4. The van der Waals surface area contributed by atoms with Crippen molar-refractivity contribution in [1.82, 2.24) is 64.0 Å². The first-order valence-corrected chi connectivity index (χ1v) is 52.2. The molecule has 0 aliphatic carbocycles. The summed E-state index contributed by atoms with van der Waals surface area (Å²) >= 11 is 37.1. The van der Waals surface area contributed by atoms with Crippen molar-refractivity contribution in [2.45, 2.75) is 116 Å². The fourth-order valence-corrected chi connectivity index (χ4v) is 20.5. The molecule has 5 atom stereocenters. The molecule has 10 heterocycles. The molecule has 18 rings (SSSR count). The van der Waals surface area contributed by atoms with E-state index in [-0.39, 0.29) is 55.0 Å². The predicted molar refractivity (Wildman–Crippen MR) is 564 cm³/mol. The number of rotatable bonds is 33. The van der Waals surface area contributed by atoms with Crippen LogP contribution in [-0.2, 0) is 49.4 Å². The molecule has 4 amide bonds. The maximum atomic E-state index is 13.2. The molecule has 6 aliphatic heterocycles. The summed E-state index contributed by atoms with van der Waals surface area (Å²) in [6, 6.07) is 54.3. The lowest BCUT2D eigenvalue weighted by Crippen LogP contribution is -2.47. The number of aliphatic hydroxyl groups excluding tert-OH is 1. The van der Waals surface area contributed by atoms with Crippen molar-refractivity contribution in [2.24, 2.45) is 5.92 Å². The van der Waals surface area contributed by atoms with E-state index in [2.05, 4.69) is 70.7 Å². The van der Waals surface area contributed by atoms with Crippen molar-refractivity contribution >= 4 is 138 Å². The fraction of sp³-hybridized carbons (Fsp3) is 0.450. The number of H-pyrrole nitrogens is 4. The minimum atomic E-state index is -0.696. The molecule has 760 valence electrons. The van der Waals surface area contributed by atoms with Gasteiger partial charge in [-0.05, 0) is 252 Å². The van der Waals surface area contributed by atoms with Gasteiger partial charge in [-0.2, -0.15) is 0 Å². The summed E-state index contributed by atoms with van der Waals surface area (Å²) in [6.45, 7) is 29.4. The van der Waals surface area contributed by atoms with Gasteiger partial charge >= 0.3 is 24.4 Å². The molecule has 8 aromatic carbocycles. The van der Waals surface area contributed by atoms with Crippen molar-refractivity contribution < 1.29 is 66.9 Å². The highest BCUT2D eigenvalue weighted by Crippen LogP contribution is 2.46. The Morgan fingerprint density at radius 3 is 0.986 bits per heavy atom. The standard InChI is InChI=1S/C29H37ClN4O4.C28H35ClN4O3.C27H34ClN3O4.C25H27Cl3N2O3/c1-2-37-29(36)34-12-10-24-25-20-22(30)6-9-26(25)31-27(24)28(34)21-4-7-23(8-5-21)38-19-3-11-32-13-15-33(16-14-32)17-18-35;1-3-35-28(34)33-13-11-23-24-19-21(29)7-10-25(24)30-26(23)27(33)20-5-8-22(9-6-20)36-18-4-12-32-16-14-31(2)15-17-32;1-4-34-27(32)31-14-12-22-23-18-20(28)8-11-24(23)29-25(22)26(31)19-6-9-21(10-7-19)35-16-5-13-30(2)15-17-33-3;1-15(2)24(28)33-25(31)30-12-10-19-20-14-17(27)6-9-21(20)29-22(19)23(30)16-4-7-18(8-5-16)32-13-3-11-26/h4-9,20,28,31,35H,2-3,10-19H2,1H3;5-10,19,27,30H,3-4,11-18H2,1-2H3;6-11,18,26,29H,4-5,12-17H2,1-3H3;4-9,14-15,23-24,29H,3,10-13H2,1-2H3. The number of amides is 4. The Hall–Kier alpha value is -10.3. The van der Waals surface area contributed by atoms with Crippen molar-refractivity contribution in [3.8, 4) is 23.0 Å². The smallest absolute Gasteiger partial charge is 0.412 e. The molecule has 2 saturated heterocycles. The number of benzene rings is 8. The van der Waals surface area contributed by atoms with Crippen LogP contribution in [0, 0.1) is 5.92 Å². The number of aromatic nitrogens is 4. The van der Waals surface area contributed by atoms with Gasteiger partial charge in [0.15, 0.2) is 5.56 Å². The van der Waals surface area contributed by atoms with Crippen LogP contribution in [-0.4, -0.2) is 297 Å². The zero-order valence-electron chi connectivity index (χ0n) is 82.4. The van der Waals surface area contributed by atoms with Crippen LogP contribution in [0.1, 0.15) is 152 Å². The minimum Gasteiger partial charge on any atom is -0.494 e. The third-order valence-electron chi connectivity index (χ3n) is 27.0. The first-order chi connectivity index (χ1) is 69.0. The Morgan fingerprint density at radius 1 is 0.394 bits per heavy atom. The van der Waals surface area contributed by atoms with Crippen LogP contribution in [0.15, 0.2) is 170 Å². The second-order valence-corrected chi connectivity index (χ2v) is 39.5. The van der Waals surface area contributed by atoms with Gasteiger partial charge in [0.25, 0.3) is 0 Å². The van der Waals surface area contributed by atoms with E-state index in [4.69, 9.17) is 117 Å². The van der Waals surface area contributed by atoms with E-state index < -0.39 is 11.7 Å². The van der Waals surface area contributed by atoms with Crippen LogP contribution in [0.2, 0.25) is 20.1 Å². The number of halogens is 6. The quantitative estimate of drug-likeness (QED) is 0.0145. The Balaban J connectivity index is 0.000000143. The number of carbonyl (C=O) groups is 4. The van der Waals surface area contributed by atoms with E-state index in [9.17, 15) is 19.2 Å². The van der Waals surface area contributed by atoms with Gasteiger partial charge in [-0.3, -0.25) is 24.5 Å². The summed E-state index contributed by atoms with van der Waals surface area (Å²) in [5, 5.41) is 16.3. The molecule has 33 heteroatoms. The normalized spacial score (nSPS) is 17.4. The van der Waals surface area contributed by atoms with Crippen molar-refractivity contribution in [3.05, 3.63) is 257 Å². The van der Waals surface area contributed by atoms with Gasteiger partial charge < -0.3 is 87.3 Å². The fourth-order valence-electron chi connectivity index (χ4n) is 19.7. The molecule has 0 saturated carbocycles. The van der Waals surface area contributed by atoms with E-state index in [0.29, 0.717) is 105 Å². The van der Waals surface area contributed by atoms with Crippen LogP contribution in [0.5, 0.6) is 23.0 Å². The lowest BCUT2D eigenvalue weighted by Gasteiger charge is -2.36. The number of nitrogens with zero attached hydrogens (tertiary/aromatic N) is 9. The zero-order chi connectivity index (χ0) is 99.9. The molecular weight excluding hydrogens is 1930 g/mol. The highest BCUT2D eigenvalue weighted by molar-refractivity contribution is 6.32. The number of hydrogen-bond acceptors (Lipinski definition) is 19. The largest absolute Gasteiger partial charge is 0.494 e. The van der Waals surface area contributed by atoms with E-state index in [1.54, 1.807) is 21.8 Å². The monoisotopic (exact) mass is 2060 g/mol. The van der Waals surface area contributed by atoms with Gasteiger partial charge in [-0.15, -0.1) is 11.6 Å². The molecule has 2 fully saturated rings. The van der Waals surface area contributed by atoms with E-state index in [1.807, 2.05) is 197 Å². The number of likely N-dealkylation sites (N-methyl/N-ethyl adjacent to an activating group) is 2. The van der Waals surface area contributed by atoms with E-state index in [0.717, 1.165) is 254 Å². The number of fused-ring (bicyclic) bond motifs is 12. The first kappa shape index (κ1) is 106. The van der Waals surface area contributed by atoms with Crippen molar-refractivity contribution in [1.29, 1.82) is 0 Å². The molecule has 0 bridgehead atoms. The topological polar surface area (TPSA) is 264 Å². The lowest BCUT2D eigenvalue weighted by atomic mass is 9.92. The lowest BCUT2D eigenvalue weighted by molar-refractivity contribution is 0.0654. The number of nitrogens with one attached hydrogen (secondary N) is 4. The van der Waals surface area contributed by atoms with E-state index in [1.165, 1.54) is 16.7 Å². The molecular formula is C109H133Cl6N13O14. The highest BCUT2D eigenvalue weighted by Gasteiger charge is 2.41. The maximum absolute atomic E-state index is 13.2. The summed E-state index contributed by atoms with van der Waals surface area (Å²) in [5.41, 5.74) is 16.1. The zero-order valence-corrected chi connectivity index (χ0v) is 87.0. The number of methoxy groups -OCH3 is 1. The summed E-state index contributed by atoms with van der Waals surface area (Å²) in [4.78, 5) is 85.0. The molecule has 5 N–H and O–H groups in total. The number of alkyl halides is 2. The Labute approximate surface area is 862 Å².